The number of aromatic carboxylic acids is 1. The highest BCUT2D eigenvalue weighted by Gasteiger charge is 2.33. The summed E-state index contributed by atoms with van der Waals surface area (Å²) in [6.45, 7) is 3.03. The molecule has 0 bridgehead atoms. The van der Waals surface area contributed by atoms with Crippen LogP contribution in [0.5, 0.6) is 0 Å². The highest BCUT2D eigenvalue weighted by Crippen LogP contribution is 2.33. The molecule has 1 N–H and O–H groups in total. The van der Waals surface area contributed by atoms with Gasteiger partial charge in [-0.15, -0.1) is 0 Å². The molecule has 0 heterocycles. The molecule has 0 aliphatic heterocycles. The van der Waals surface area contributed by atoms with E-state index in [-0.39, 0.29) is 11.1 Å². The molecule has 0 radical (unpaired) electrons. The van der Waals surface area contributed by atoms with Crippen LogP contribution in [0.25, 0.3) is 0 Å². The molecule has 1 rings (SSSR count). The van der Waals surface area contributed by atoms with Crippen molar-refractivity contribution < 1.29 is 23.1 Å². The Kier molecular flexibility index (Phi) is 3.26. The molecule has 16 heavy (non-hydrogen) atoms. The number of carbonyl (C=O) groups is 1. The van der Waals surface area contributed by atoms with Crippen molar-refractivity contribution in [1.82, 2.24) is 0 Å². The van der Waals surface area contributed by atoms with Gasteiger partial charge in [0.15, 0.2) is 0 Å². The van der Waals surface area contributed by atoms with Crippen molar-refractivity contribution in [2.45, 2.75) is 26.4 Å². The third kappa shape index (κ3) is 2.35. The van der Waals surface area contributed by atoms with Crippen LogP contribution in [0.2, 0.25) is 0 Å². The highest BCUT2D eigenvalue weighted by atomic mass is 19.4. The van der Waals surface area contributed by atoms with Crippen LogP contribution in [-0.2, 0) is 12.6 Å². The molecular weight excluding hydrogens is 221 g/mol. The Hall–Kier alpha value is -1.52. The van der Waals surface area contributed by atoms with Crippen molar-refractivity contribution in [3.8, 4) is 0 Å². The van der Waals surface area contributed by atoms with E-state index in [0.29, 0.717) is 18.1 Å². The third-order valence-corrected chi connectivity index (χ3v) is 2.37. The maximum atomic E-state index is 12.5. The van der Waals surface area contributed by atoms with E-state index in [9.17, 15) is 18.0 Å². The summed E-state index contributed by atoms with van der Waals surface area (Å²) in [5, 5.41) is 8.81. The zero-order valence-electron chi connectivity index (χ0n) is 8.85. The van der Waals surface area contributed by atoms with Crippen molar-refractivity contribution >= 4 is 5.97 Å². The normalized spacial score (nSPS) is 11.6. The van der Waals surface area contributed by atoms with Crippen LogP contribution in [-0.4, -0.2) is 11.1 Å². The van der Waals surface area contributed by atoms with Crippen LogP contribution in [0.4, 0.5) is 13.2 Å². The Labute approximate surface area is 90.7 Å². The third-order valence-electron chi connectivity index (χ3n) is 2.37. The molecule has 0 amide bonds. The smallest absolute Gasteiger partial charge is 0.416 e. The van der Waals surface area contributed by atoms with E-state index < -0.39 is 17.7 Å². The Morgan fingerprint density at radius 3 is 2.31 bits per heavy atom. The zero-order chi connectivity index (χ0) is 12.5. The van der Waals surface area contributed by atoms with Gasteiger partial charge in [-0.3, -0.25) is 0 Å². The fourth-order valence-corrected chi connectivity index (χ4v) is 1.56. The zero-order valence-corrected chi connectivity index (χ0v) is 8.85. The Bertz CT molecular complexity index is 422. The van der Waals surface area contributed by atoms with E-state index in [4.69, 9.17) is 5.11 Å². The van der Waals surface area contributed by atoms with E-state index >= 15 is 0 Å². The molecule has 1 aromatic carbocycles. The lowest BCUT2D eigenvalue weighted by Gasteiger charge is -2.13. The molecule has 0 saturated heterocycles. The maximum Gasteiger partial charge on any atom is 0.416 e. The second-order valence-corrected chi connectivity index (χ2v) is 3.48. The van der Waals surface area contributed by atoms with E-state index in [1.165, 1.54) is 13.0 Å². The van der Waals surface area contributed by atoms with Gasteiger partial charge in [-0.2, -0.15) is 13.2 Å². The lowest BCUT2D eigenvalue weighted by molar-refractivity contribution is -0.138. The molecule has 0 aromatic heterocycles. The van der Waals surface area contributed by atoms with E-state index in [1.54, 1.807) is 6.92 Å². The molecule has 0 unspecified atom stereocenters. The molecule has 0 fully saturated rings. The molecular formula is C11H11F3O2. The predicted molar refractivity (Wildman–Crippen MR) is 52.5 cm³/mol. The van der Waals surface area contributed by atoms with Crippen molar-refractivity contribution in [3.05, 3.63) is 34.4 Å². The number of aryl methyl sites for hydroxylation is 2. The minimum Gasteiger partial charge on any atom is -0.478 e. The summed E-state index contributed by atoms with van der Waals surface area (Å²) < 4.78 is 37.6. The lowest BCUT2D eigenvalue weighted by atomic mass is 9.97. The number of alkyl halides is 3. The van der Waals surface area contributed by atoms with E-state index in [2.05, 4.69) is 0 Å². The van der Waals surface area contributed by atoms with Crippen LogP contribution < -0.4 is 0 Å². The fourth-order valence-electron chi connectivity index (χ4n) is 1.56. The van der Waals surface area contributed by atoms with Gasteiger partial charge in [0.1, 0.15) is 0 Å². The predicted octanol–water partition coefficient (Wildman–Crippen LogP) is 3.27. The van der Waals surface area contributed by atoms with Gasteiger partial charge < -0.3 is 5.11 Å². The lowest BCUT2D eigenvalue weighted by Crippen LogP contribution is -2.12. The first-order chi connectivity index (χ1) is 7.27. The minimum atomic E-state index is -4.51. The van der Waals surface area contributed by atoms with Crippen LogP contribution in [0, 0.1) is 6.92 Å². The van der Waals surface area contributed by atoms with Crippen molar-refractivity contribution in [2.24, 2.45) is 0 Å². The molecule has 0 atom stereocenters. The molecule has 0 aliphatic carbocycles. The SMILES string of the molecule is CCc1cc(C)c(C(F)(F)F)cc1C(=O)O. The van der Waals surface area contributed by atoms with Gasteiger partial charge in [0.05, 0.1) is 11.1 Å². The maximum absolute atomic E-state index is 12.5. The van der Waals surface area contributed by atoms with Crippen LogP contribution >= 0.6 is 0 Å². The van der Waals surface area contributed by atoms with Gasteiger partial charge in [-0.05, 0) is 30.5 Å². The summed E-state index contributed by atoms with van der Waals surface area (Å²) in [5.41, 5.74) is -0.699. The fraction of sp³-hybridized carbons (Fsp3) is 0.364. The second-order valence-electron chi connectivity index (χ2n) is 3.48. The van der Waals surface area contributed by atoms with E-state index in [1.807, 2.05) is 0 Å². The van der Waals surface area contributed by atoms with Gasteiger partial charge in [0.25, 0.3) is 0 Å². The largest absolute Gasteiger partial charge is 0.478 e. The number of benzene rings is 1. The minimum absolute atomic E-state index is 0.0503. The van der Waals surface area contributed by atoms with Gasteiger partial charge in [-0.1, -0.05) is 13.0 Å². The number of hydrogen-bond acceptors (Lipinski definition) is 1. The topological polar surface area (TPSA) is 37.3 Å². The number of rotatable bonds is 2. The number of carboxylic acids is 1. The van der Waals surface area contributed by atoms with Crippen LogP contribution in [0.15, 0.2) is 12.1 Å². The molecule has 0 spiro atoms. The average Bonchev–Trinajstić information content (AvgIpc) is 2.14. The molecule has 5 heteroatoms. The Balaban J connectivity index is 3.45. The average molecular weight is 232 g/mol. The van der Waals surface area contributed by atoms with E-state index in [0.717, 1.165) is 0 Å². The molecule has 88 valence electrons. The summed E-state index contributed by atoms with van der Waals surface area (Å²) in [7, 11) is 0. The van der Waals surface area contributed by atoms with Gasteiger partial charge in [0, 0.05) is 0 Å². The quantitative estimate of drug-likeness (QED) is 0.849. The van der Waals surface area contributed by atoms with Crippen molar-refractivity contribution in [2.75, 3.05) is 0 Å². The second kappa shape index (κ2) is 4.15. The Morgan fingerprint density at radius 2 is 1.94 bits per heavy atom. The van der Waals surface area contributed by atoms with Crippen molar-refractivity contribution in [1.29, 1.82) is 0 Å². The summed E-state index contributed by atoms with van der Waals surface area (Å²) >= 11 is 0. The standard InChI is InChI=1S/C11H11F3O2/c1-3-7-4-6(2)9(11(12,13)14)5-8(7)10(15)16/h4-5H,3H2,1-2H3,(H,15,16). The summed E-state index contributed by atoms with van der Waals surface area (Å²) in [4.78, 5) is 10.8. The molecule has 2 nitrogen and oxygen atoms in total. The van der Waals surface area contributed by atoms with Gasteiger partial charge in [-0.25, -0.2) is 4.79 Å². The first-order valence-electron chi connectivity index (χ1n) is 4.71. The summed E-state index contributed by atoms with van der Waals surface area (Å²) in [5.74, 6) is -1.33. The molecule has 0 aliphatic rings. The molecule has 1 aromatic rings. The number of carboxylic acid groups (broad SMARTS) is 1. The van der Waals surface area contributed by atoms with Crippen LogP contribution in [0.1, 0.15) is 34.0 Å². The molecule has 0 saturated carbocycles. The highest BCUT2D eigenvalue weighted by molar-refractivity contribution is 5.89. The first kappa shape index (κ1) is 12.5. The van der Waals surface area contributed by atoms with Gasteiger partial charge >= 0.3 is 12.1 Å². The number of hydrogen-bond donors (Lipinski definition) is 1. The first-order valence-corrected chi connectivity index (χ1v) is 4.71. The Morgan fingerprint density at radius 1 is 1.38 bits per heavy atom. The van der Waals surface area contributed by atoms with Gasteiger partial charge in [0.2, 0.25) is 0 Å². The number of halogens is 3. The summed E-state index contributed by atoms with van der Waals surface area (Å²) in [6, 6.07) is 1.99. The van der Waals surface area contributed by atoms with Crippen molar-refractivity contribution in [3.63, 3.8) is 0 Å². The summed E-state index contributed by atoms with van der Waals surface area (Å²) in [6.07, 6.45) is -4.12. The monoisotopic (exact) mass is 232 g/mol. The van der Waals surface area contributed by atoms with Crippen LogP contribution in [0.3, 0.4) is 0 Å².